The minimum Gasteiger partial charge on any atom is -0.480 e. The molecule has 0 unspecified atom stereocenters. The van der Waals surface area contributed by atoms with Crippen LogP contribution in [-0.2, 0) is 11.3 Å². The lowest BCUT2D eigenvalue weighted by atomic mass is 10.2. The Hall–Kier alpha value is -2.11. The first-order valence-corrected chi connectivity index (χ1v) is 4.09. The second-order valence-electron chi connectivity index (χ2n) is 2.98. The lowest BCUT2D eigenvalue weighted by molar-refractivity contribution is -0.137. The van der Waals surface area contributed by atoms with Gasteiger partial charge in [0.15, 0.2) is 0 Å². The number of aromatic carboxylic acids is 1. The van der Waals surface area contributed by atoms with E-state index in [1.54, 1.807) is 0 Å². The normalized spacial score (nSPS) is 9.93. The summed E-state index contributed by atoms with van der Waals surface area (Å²) in [5, 5.41) is 17.2. The van der Waals surface area contributed by atoms with Gasteiger partial charge in [0.2, 0.25) is 0 Å². The molecule has 15 heavy (non-hydrogen) atoms. The van der Waals surface area contributed by atoms with E-state index in [2.05, 4.69) is 0 Å². The van der Waals surface area contributed by atoms with Crippen LogP contribution in [0.25, 0.3) is 0 Å². The molecule has 1 heterocycles. The average molecular weight is 211 g/mol. The minimum atomic E-state index is -1.36. The van der Waals surface area contributed by atoms with Crippen molar-refractivity contribution < 1.29 is 19.8 Å². The molecule has 1 aromatic heterocycles. The molecule has 0 saturated heterocycles. The van der Waals surface area contributed by atoms with E-state index in [0.717, 1.165) is 4.57 Å². The number of hydrogen-bond acceptors (Lipinski definition) is 3. The molecule has 0 atom stereocenters. The van der Waals surface area contributed by atoms with Gasteiger partial charge in [-0.2, -0.15) is 0 Å². The predicted molar refractivity (Wildman–Crippen MR) is 50.0 cm³/mol. The Bertz CT molecular complexity index is 474. The van der Waals surface area contributed by atoms with Gasteiger partial charge >= 0.3 is 11.9 Å². The SMILES string of the molecule is Cc1ccc(C(=O)O)c(=O)n1CC(=O)O. The Kier molecular flexibility index (Phi) is 2.89. The van der Waals surface area contributed by atoms with Gasteiger partial charge in [-0.05, 0) is 19.1 Å². The maximum atomic E-state index is 11.5. The molecule has 0 bridgehead atoms. The molecule has 0 aliphatic rings. The number of aliphatic carboxylic acids is 1. The summed E-state index contributed by atoms with van der Waals surface area (Å²) in [5.74, 6) is -2.55. The number of pyridine rings is 1. The molecule has 0 spiro atoms. The summed E-state index contributed by atoms with van der Waals surface area (Å²) in [6, 6.07) is 2.56. The topological polar surface area (TPSA) is 96.6 Å². The smallest absolute Gasteiger partial charge is 0.341 e. The van der Waals surface area contributed by atoms with Crippen LogP contribution in [0.5, 0.6) is 0 Å². The van der Waals surface area contributed by atoms with Crippen molar-refractivity contribution in [2.45, 2.75) is 13.5 Å². The lowest BCUT2D eigenvalue weighted by Gasteiger charge is -2.07. The number of carboxylic acid groups (broad SMARTS) is 2. The number of aromatic nitrogens is 1. The zero-order valence-electron chi connectivity index (χ0n) is 7.93. The second kappa shape index (κ2) is 3.95. The Labute approximate surface area is 84.4 Å². The molecule has 6 heteroatoms. The summed E-state index contributed by atoms with van der Waals surface area (Å²) < 4.78 is 0.909. The molecule has 0 aliphatic heterocycles. The highest BCUT2D eigenvalue weighted by Crippen LogP contribution is 1.98. The summed E-state index contributed by atoms with van der Waals surface area (Å²) in [6.45, 7) is 1.00. The van der Waals surface area contributed by atoms with E-state index < -0.39 is 29.6 Å². The van der Waals surface area contributed by atoms with Crippen LogP contribution in [-0.4, -0.2) is 26.7 Å². The molecular formula is C9H9NO5. The first kappa shape index (κ1) is 11.0. The third-order valence-electron chi connectivity index (χ3n) is 1.92. The third-order valence-corrected chi connectivity index (χ3v) is 1.92. The van der Waals surface area contributed by atoms with Crippen molar-refractivity contribution in [3.05, 3.63) is 33.7 Å². The Morgan fingerprint density at radius 2 is 1.93 bits per heavy atom. The highest BCUT2D eigenvalue weighted by Gasteiger charge is 2.13. The number of carboxylic acids is 2. The van der Waals surface area contributed by atoms with Gasteiger partial charge in [0.1, 0.15) is 12.1 Å². The molecule has 0 aliphatic carbocycles. The number of nitrogens with zero attached hydrogens (tertiary/aromatic N) is 1. The van der Waals surface area contributed by atoms with E-state index in [9.17, 15) is 14.4 Å². The quantitative estimate of drug-likeness (QED) is 0.730. The zero-order chi connectivity index (χ0) is 11.6. The van der Waals surface area contributed by atoms with Gasteiger partial charge in [0, 0.05) is 5.69 Å². The van der Waals surface area contributed by atoms with Crippen molar-refractivity contribution in [1.82, 2.24) is 4.57 Å². The first-order valence-electron chi connectivity index (χ1n) is 4.09. The molecule has 0 saturated carbocycles. The Morgan fingerprint density at radius 1 is 1.33 bits per heavy atom. The van der Waals surface area contributed by atoms with E-state index in [0.29, 0.717) is 5.69 Å². The van der Waals surface area contributed by atoms with E-state index in [4.69, 9.17) is 10.2 Å². The van der Waals surface area contributed by atoms with Crippen LogP contribution in [0.4, 0.5) is 0 Å². The van der Waals surface area contributed by atoms with Crippen molar-refractivity contribution in [2.24, 2.45) is 0 Å². The maximum absolute atomic E-state index is 11.5. The van der Waals surface area contributed by atoms with Crippen LogP contribution < -0.4 is 5.56 Å². The van der Waals surface area contributed by atoms with Crippen LogP contribution >= 0.6 is 0 Å². The molecule has 1 rings (SSSR count). The molecule has 80 valence electrons. The summed E-state index contributed by atoms with van der Waals surface area (Å²) in [6.07, 6.45) is 0. The molecule has 2 N–H and O–H groups in total. The van der Waals surface area contributed by atoms with E-state index in [1.165, 1.54) is 19.1 Å². The van der Waals surface area contributed by atoms with Gasteiger partial charge in [-0.15, -0.1) is 0 Å². The number of hydrogen-bond donors (Lipinski definition) is 2. The van der Waals surface area contributed by atoms with Gasteiger partial charge in [0.25, 0.3) is 5.56 Å². The second-order valence-corrected chi connectivity index (χ2v) is 2.98. The van der Waals surface area contributed by atoms with E-state index in [-0.39, 0.29) is 0 Å². The van der Waals surface area contributed by atoms with Gasteiger partial charge in [0.05, 0.1) is 0 Å². The maximum Gasteiger partial charge on any atom is 0.341 e. The van der Waals surface area contributed by atoms with Gasteiger partial charge < -0.3 is 14.8 Å². The summed E-state index contributed by atoms with van der Waals surface area (Å²) in [4.78, 5) is 32.5. The fourth-order valence-corrected chi connectivity index (χ4v) is 1.17. The van der Waals surface area contributed by atoms with Gasteiger partial charge in [-0.1, -0.05) is 0 Å². The molecule has 0 amide bonds. The van der Waals surface area contributed by atoms with Crippen LogP contribution in [0.2, 0.25) is 0 Å². The minimum absolute atomic E-state index is 0.410. The van der Waals surface area contributed by atoms with E-state index in [1.807, 2.05) is 0 Å². The van der Waals surface area contributed by atoms with Crippen LogP contribution in [0.15, 0.2) is 16.9 Å². The standard InChI is InChI=1S/C9H9NO5/c1-5-2-3-6(9(14)15)8(13)10(5)4-7(11)12/h2-3H,4H2,1H3,(H,11,12)(H,14,15). The van der Waals surface area contributed by atoms with Gasteiger partial charge in [-0.3, -0.25) is 9.59 Å². The van der Waals surface area contributed by atoms with Crippen molar-refractivity contribution in [2.75, 3.05) is 0 Å². The number of rotatable bonds is 3. The van der Waals surface area contributed by atoms with Crippen molar-refractivity contribution in [3.8, 4) is 0 Å². The molecule has 0 fully saturated rings. The largest absolute Gasteiger partial charge is 0.480 e. The zero-order valence-corrected chi connectivity index (χ0v) is 7.93. The summed E-state index contributed by atoms with van der Waals surface area (Å²) in [7, 11) is 0. The number of aryl methyl sites for hydroxylation is 1. The molecule has 6 nitrogen and oxygen atoms in total. The molecular weight excluding hydrogens is 202 g/mol. The van der Waals surface area contributed by atoms with Crippen molar-refractivity contribution in [3.63, 3.8) is 0 Å². The highest BCUT2D eigenvalue weighted by molar-refractivity contribution is 5.87. The van der Waals surface area contributed by atoms with Crippen molar-refractivity contribution >= 4 is 11.9 Å². The number of carbonyl (C=O) groups is 2. The average Bonchev–Trinajstić information content (AvgIpc) is 2.11. The molecule has 0 radical (unpaired) electrons. The fourth-order valence-electron chi connectivity index (χ4n) is 1.17. The Morgan fingerprint density at radius 3 is 2.40 bits per heavy atom. The summed E-state index contributed by atoms with van der Waals surface area (Å²) >= 11 is 0. The first-order chi connectivity index (χ1) is 6.93. The summed E-state index contributed by atoms with van der Waals surface area (Å²) in [5.41, 5.74) is -0.820. The lowest BCUT2D eigenvalue weighted by Crippen LogP contribution is -2.30. The Balaban J connectivity index is 3.37. The highest BCUT2D eigenvalue weighted by atomic mass is 16.4. The van der Waals surface area contributed by atoms with Crippen LogP contribution in [0, 0.1) is 6.92 Å². The third kappa shape index (κ3) is 2.22. The van der Waals surface area contributed by atoms with E-state index >= 15 is 0 Å². The van der Waals surface area contributed by atoms with Gasteiger partial charge in [-0.25, -0.2) is 4.79 Å². The molecule has 1 aromatic rings. The molecule has 0 aromatic carbocycles. The van der Waals surface area contributed by atoms with Crippen molar-refractivity contribution in [1.29, 1.82) is 0 Å². The van der Waals surface area contributed by atoms with Crippen LogP contribution in [0.3, 0.4) is 0 Å². The van der Waals surface area contributed by atoms with Crippen LogP contribution in [0.1, 0.15) is 16.1 Å². The predicted octanol–water partition coefficient (Wildman–Crippen LogP) is -0.0605. The fraction of sp³-hybridized carbons (Fsp3) is 0.222. The monoisotopic (exact) mass is 211 g/mol.